The molecule has 2 unspecified atom stereocenters. The maximum Gasteiger partial charge on any atom is 0.317 e. The fourth-order valence-corrected chi connectivity index (χ4v) is 3.68. The van der Waals surface area contributed by atoms with Crippen molar-refractivity contribution in [2.24, 2.45) is 5.92 Å². The van der Waals surface area contributed by atoms with E-state index < -0.39 is 0 Å². The van der Waals surface area contributed by atoms with E-state index in [4.69, 9.17) is 0 Å². The highest BCUT2D eigenvalue weighted by Crippen LogP contribution is 2.19. The SMILES string of the molecule is CC(O)C1CCCN(C(=O)NCCN2CCC(N(C)C)CC2)C1. The van der Waals surface area contributed by atoms with Gasteiger partial charge in [-0.15, -0.1) is 0 Å². The maximum atomic E-state index is 12.3. The van der Waals surface area contributed by atoms with Gasteiger partial charge in [0.1, 0.15) is 0 Å². The van der Waals surface area contributed by atoms with Gasteiger partial charge in [0, 0.05) is 38.1 Å². The van der Waals surface area contributed by atoms with Crippen molar-refractivity contribution in [3.05, 3.63) is 0 Å². The van der Waals surface area contributed by atoms with Crippen LogP contribution in [0.15, 0.2) is 0 Å². The van der Waals surface area contributed by atoms with Gasteiger partial charge in [0.05, 0.1) is 6.10 Å². The van der Waals surface area contributed by atoms with Gasteiger partial charge in [-0.25, -0.2) is 4.79 Å². The van der Waals surface area contributed by atoms with E-state index in [0.29, 0.717) is 19.1 Å². The number of rotatable bonds is 5. The molecule has 0 aromatic carbocycles. The number of carbonyl (C=O) groups is 1. The van der Waals surface area contributed by atoms with Crippen LogP contribution in [0.2, 0.25) is 0 Å². The second-order valence-electron chi connectivity index (χ2n) is 7.36. The summed E-state index contributed by atoms with van der Waals surface area (Å²) in [5.41, 5.74) is 0. The van der Waals surface area contributed by atoms with E-state index in [0.717, 1.165) is 39.0 Å². The Balaban J connectivity index is 1.63. The molecule has 2 N–H and O–H groups in total. The Kier molecular flexibility index (Phi) is 7.11. The van der Waals surface area contributed by atoms with Crippen LogP contribution in [-0.4, -0.2) is 91.3 Å². The number of urea groups is 1. The maximum absolute atomic E-state index is 12.3. The fourth-order valence-electron chi connectivity index (χ4n) is 3.68. The largest absolute Gasteiger partial charge is 0.393 e. The molecule has 23 heavy (non-hydrogen) atoms. The molecule has 6 heteroatoms. The van der Waals surface area contributed by atoms with Gasteiger partial charge in [-0.05, 0) is 59.8 Å². The van der Waals surface area contributed by atoms with Crippen molar-refractivity contribution in [3.63, 3.8) is 0 Å². The minimum atomic E-state index is -0.330. The fraction of sp³-hybridized carbons (Fsp3) is 0.941. The van der Waals surface area contributed by atoms with Gasteiger partial charge in [0.15, 0.2) is 0 Å². The van der Waals surface area contributed by atoms with E-state index in [1.54, 1.807) is 0 Å². The number of piperidine rings is 2. The van der Waals surface area contributed by atoms with Crippen LogP contribution in [0, 0.1) is 5.92 Å². The molecule has 2 saturated heterocycles. The quantitative estimate of drug-likeness (QED) is 0.785. The highest BCUT2D eigenvalue weighted by molar-refractivity contribution is 5.74. The van der Waals surface area contributed by atoms with Crippen molar-refractivity contribution in [1.82, 2.24) is 20.0 Å². The van der Waals surface area contributed by atoms with Gasteiger partial charge in [-0.2, -0.15) is 0 Å². The van der Waals surface area contributed by atoms with Crippen LogP contribution in [0.3, 0.4) is 0 Å². The number of aliphatic hydroxyl groups excluding tert-OH is 1. The Hall–Kier alpha value is -0.850. The molecular formula is C17H34N4O2. The molecule has 0 spiro atoms. The Morgan fingerprint density at radius 2 is 1.96 bits per heavy atom. The molecule has 0 aromatic rings. The third-order valence-corrected chi connectivity index (χ3v) is 5.42. The molecule has 0 aromatic heterocycles. The van der Waals surface area contributed by atoms with Crippen molar-refractivity contribution in [3.8, 4) is 0 Å². The summed E-state index contributed by atoms with van der Waals surface area (Å²) in [6, 6.07) is 0.727. The molecule has 134 valence electrons. The predicted molar refractivity (Wildman–Crippen MR) is 92.5 cm³/mol. The normalized spacial score (nSPS) is 25.6. The number of hydrogen-bond donors (Lipinski definition) is 2. The van der Waals surface area contributed by atoms with Crippen LogP contribution in [0.5, 0.6) is 0 Å². The van der Waals surface area contributed by atoms with Gasteiger partial charge >= 0.3 is 6.03 Å². The van der Waals surface area contributed by atoms with Crippen LogP contribution in [0.1, 0.15) is 32.6 Å². The zero-order valence-electron chi connectivity index (χ0n) is 15.0. The van der Waals surface area contributed by atoms with Crippen molar-refractivity contribution in [1.29, 1.82) is 0 Å². The van der Waals surface area contributed by atoms with E-state index in [1.165, 1.54) is 12.8 Å². The second kappa shape index (κ2) is 8.85. The van der Waals surface area contributed by atoms with Crippen molar-refractivity contribution in [2.45, 2.75) is 44.8 Å². The lowest BCUT2D eigenvalue weighted by atomic mass is 9.94. The first-order chi connectivity index (χ1) is 11.0. The zero-order valence-corrected chi connectivity index (χ0v) is 15.0. The summed E-state index contributed by atoms with van der Waals surface area (Å²) in [7, 11) is 4.30. The molecule has 0 aliphatic carbocycles. The van der Waals surface area contributed by atoms with Gasteiger partial charge in [-0.1, -0.05) is 0 Å². The number of hydrogen-bond acceptors (Lipinski definition) is 4. The number of carbonyl (C=O) groups excluding carboxylic acids is 1. The van der Waals surface area contributed by atoms with Gasteiger partial charge < -0.3 is 25.1 Å². The minimum Gasteiger partial charge on any atom is -0.393 e. The molecule has 2 fully saturated rings. The lowest BCUT2D eigenvalue weighted by Gasteiger charge is -2.36. The Labute approximate surface area is 140 Å². The van der Waals surface area contributed by atoms with Gasteiger partial charge in [0.25, 0.3) is 0 Å². The third-order valence-electron chi connectivity index (χ3n) is 5.42. The van der Waals surface area contributed by atoms with E-state index in [9.17, 15) is 9.90 Å². The Morgan fingerprint density at radius 1 is 1.26 bits per heavy atom. The minimum absolute atomic E-state index is 0.0264. The lowest BCUT2D eigenvalue weighted by Crippen LogP contribution is -2.49. The van der Waals surface area contributed by atoms with Crippen molar-refractivity contribution in [2.75, 3.05) is 53.4 Å². The highest BCUT2D eigenvalue weighted by Gasteiger charge is 2.26. The molecule has 6 nitrogen and oxygen atoms in total. The first-order valence-corrected chi connectivity index (χ1v) is 9.07. The average molecular weight is 326 g/mol. The smallest absolute Gasteiger partial charge is 0.317 e. The highest BCUT2D eigenvalue weighted by atomic mass is 16.3. The molecular weight excluding hydrogens is 292 g/mol. The Bertz CT molecular complexity index is 368. The predicted octanol–water partition coefficient (Wildman–Crippen LogP) is 0.815. The molecule has 0 bridgehead atoms. The standard InChI is InChI=1S/C17H34N4O2/c1-14(22)15-5-4-9-21(13-15)17(23)18-8-12-20-10-6-16(7-11-20)19(2)3/h14-16,22H,4-13H2,1-3H3,(H,18,23). The zero-order chi connectivity index (χ0) is 16.8. The summed E-state index contributed by atoms with van der Waals surface area (Å²) in [6.45, 7) is 7.18. The molecule has 0 saturated carbocycles. The molecule has 2 atom stereocenters. The van der Waals surface area contributed by atoms with Crippen LogP contribution < -0.4 is 5.32 Å². The van der Waals surface area contributed by atoms with Crippen molar-refractivity contribution >= 4 is 6.03 Å². The molecule has 0 radical (unpaired) electrons. The van der Waals surface area contributed by atoms with E-state index >= 15 is 0 Å². The summed E-state index contributed by atoms with van der Waals surface area (Å²) in [5.74, 6) is 0.222. The second-order valence-corrected chi connectivity index (χ2v) is 7.36. The molecule has 2 amide bonds. The number of amides is 2. The number of likely N-dealkylation sites (tertiary alicyclic amines) is 2. The van der Waals surface area contributed by atoms with Gasteiger partial charge in [0.2, 0.25) is 0 Å². The van der Waals surface area contributed by atoms with E-state index in [2.05, 4.69) is 29.2 Å². The number of nitrogens with zero attached hydrogens (tertiary/aromatic N) is 3. The van der Waals surface area contributed by atoms with Crippen LogP contribution >= 0.6 is 0 Å². The third kappa shape index (κ3) is 5.62. The summed E-state index contributed by atoms with van der Waals surface area (Å²) >= 11 is 0. The first-order valence-electron chi connectivity index (χ1n) is 9.07. The Morgan fingerprint density at radius 3 is 2.57 bits per heavy atom. The molecule has 2 aliphatic heterocycles. The molecule has 2 aliphatic rings. The van der Waals surface area contributed by atoms with Crippen molar-refractivity contribution < 1.29 is 9.90 Å². The van der Waals surface area contributed by atoms with Crippen LogP contribution in [-0.2, 0) is 0 Å². The topological polar surface area (TPSA) is 59.1 Å². The molecule has 2 rings (SSSR count). The number of aliphatic hydroxyl groups is 1. The first kappa shape index (κ1) is 18.5. The summed E-state index contributed by atoms with van der Waals surface area (Å²) in [5, 5.41) is 12.8. The van der Waals surface area contributed by atoms with Gasteiger partial charge in [-0.3, -0.25) is 0 Å². The summed E-state index contributed by atoms with van der Waals surface area (Å²) in [4.78, 5) is 18.9. The van der Waals surface area contributed by atoms with E-state index in [1.807, 2.05) is 11.8 Å². The monoisotopic (exact) mass is 326 g/mol. The average Bonchev–Trinajstić information content (AvgIpc) is 2.55. The summed E-state index contributed by atoms with van der Waals surface area (Å²) in [6.07, 6.45) is 4.10. The molecule has 2 heterocycles. The lowest BCUT2D eigenvalue weighted by molar-refractivity contribution is 0.0736. The summed E-state index contributed by atoms with van der Waals surface area (Å²) < 4.78 is 0. The van der Waals surface area contributed by atoms with Crippen LogP contribution in [0.4, 0.5) is 4.79 Å². The number of nitrogens with one attached hydrogen (secondary N) is 1. The van der Waals surface area contributed by atoms with Crippen LogP contribution in [0.25, 0.3) is 0 Å². The van der Waals surface area contributed by atoms with E-state index in [-0.39, 0.29) is 18.1 Å².